The average molecular weight is 240 g/mol. The van der Waals surface area contributed by atoms with E-state index in [1.807, 2.05) is 50.2 Å². The van der Waals surface area contributed by atoms with Crippen LogP contribution in [0, 0.1) is 13.8 Å². The minimum atomic E-state index is -0.279. The second-order valence-electron chi connectivity index (χ2n) is 4.37. The summed E-state index contributed by atoms with van der Waals surface area (Å²) in [6.45, 7) is 4.32. The molecule has 0 heterocycles. The Kier molecular flexibility index (Phi) is 3.78. The van der Waals surface area contributed by atoms with Gasteiger partial charge in [-0.1, -0.05) is 42.0 Å². The van der Waals surface area contributed by atoms with Crippen LogP contribution in [0.15, 0.2) is 48.5 Å². The molecule has 2 heteroatoms. The third-order valence-electron chi connectivity index (χ3n) is 2.91. The molecule has 18 heavy (non-hydrogen) atoms. The zero-order valence-corrected chi connectivity index (χ0v) is 10.6. The van der Waals surface area contributed by atoms with E-state index in [-0.39, 0.29) is 5.97 Å². The van der Waals surface area contributed by atoms with Crippen molar-refractivity contribution in [2.24, 2.45) is 0 Å². The van der Waals surface area contributed by atoms with Crippen molar-refractivity contribution < 1.29 is 9.53 Å². The van der Waals surface area contributed by atoms with E-state index in [2.05, 4.69) is 0 Å². The lowest BCUT2D eigenvalue weighted by Gasteiger charge is -2.07. The van der Waals surface area contributed by atoms with Crippen LogP contribution in [-0.2, 0) is 11.3 Å². The van der Waals surface area contributed by atoms with Crippen LogP contribution < -0.4 is 0 Å². The minimum absolute atomic E-state index is 0.279. The number of hydrogen-bond acceptors (Lipinski definition) is 2. The SMILES string of the molecule is Cc1ccc(C(=O)OCc2ccccc2C)cc1. The number of rotatable bonds is 3. The Morgan fingerprint density at radius 3 is 2.33 bits per heavy atom. The highest BCUT2D eigenvalue weighted by molar-refractivity contribution is 5.89. The Balaban J connectivity index is 2.01. The summed E-state index contributed by atoms with van der Waals surface area (Å²) in [6, 6.07) is 15.3. The number of aryl methyl sites for hydroxylation is 2. The normalized spacial score (nSPS) is 10.1. The molecule has 0 unspecified atom stereocenters. The first-order valence-electron chi connectivity index (χ1n) is 5.95. The highest BCUT2D eigenvalue weighted by Gasteiger charge is 2.07. The smallest absolute Gasteiger partial charge is 0.338 e. The van der Waals surface area contributed by atoms with E-state index in [4.69, 9.17) is 4.74 Å². The number of carbonyl (C=O) groups is 1. The lowest BCUT2D eigenvalue weighted by Crippen LogP contribution is -2.05. The van der Waals surface area contributed by atoms with Crippen LogP contribution in [0.2, 0.25) is 0 Å². The van der Waals surface area contributed by atoms with Crippen molar-refractivity contribution in [3.63, 3.8) is 0 Å². The molecular weight excluding hydrogens is 224 g/mol. The van der Waals surface area contributed by atoms with Crippen LogP contribution in [0.3, 0.4) is 0 Å². The summed E-state index contributed by atoms with van der Waals surface area (Å²) in [5.41, 5.74) is 3.90. The molecule has 0 aromatic heterocycles. The molecule has 92 valence electrons. The van der Waals surface area contributed by atoms with E-state index in [0.717, 1.165) is 16.7 Å². The molecule has 0 aliphatic heterocycles. The molecule has 0 saturated carbocycles. The van der Waals surface area contributed by atoms with E-state index in [0.29, 0.717) is 12.2 Å². The van der Waals surface area contributed by atoms with Gasteiger partial charge in [0, 0.05) is 0 Å². The summed E-state index contributed by atoms with van der Waals surface area (Å²) in [5, 5.41) is 0. The van der Waals surface area contributed by atoms with Gasteiger partial charge in [-0.15, -0.1) is 0 Å². The molecular formula is C16H16O2. The molecule has 0 N–H and O–H groups in total. The molecule has 0 saturated heterocycles. The standard InChI is InChI=1S/C16H16O2/c1-12-7-9-14(10-8-12)16(17)18-11-15-6-4-3-5-13(15)2/h3-10H,11H2,1-2H3. The topological polar surface area (TPSA) is 26.3 Å². The van der Waals surface area contributed by atoms with Gasteiger partial charge in [-0.05, 0) is 37.1 Å². The van der Waals surface area contributed by atoms with Gasteiger partial charge in [0.05, 0.1) is 5.56 Å². The van der Waals surface area contributed by atoms with Gasteiger partial charge in [0.15, 0.2) is 0 Å². The molecule has 0 aliphatic carbocycles. The molecule has 2 nitrogen and oxygen atoms in total. The maximum absolute atomic E-state index is 11.8. The third-order valence-corrected chi connectivity index (χ3v) is 2.91. The molecule has 0 radical (unpaired) electrons. The van der Waals surface area contributed by atoms with Crippen LogP contribution in [0.25, 0.3) is 0 Å². The highest BCUT2D eigenvalue weighted by atomic mass is 16.5. The van der Waals surface area contributed by atoms with E-state index < -0.39 is 0 Å². The highest BCUT2D eigenvalue weighted by Crippen LogP contribution is 2.11. The first-order chi connectivity index (χ1) is 8.66. The van der Waals surface area contributed by atoms with Crippen molar-refractivity contribution in [1.82, 2.24) is 0 Å². The summed E-state index contributed by atoms with van der Waals surface area (Å²) in [5.74, 6) is -0.279. The molecule has 0 amide bonds. The van der Waals surface area contributed by atoms with Crippen molar-refractivity contribution >= 4 is 5.97 Å². The van der Waals surface area contributed by atoms with Crippen molar-refractivity contribution in [3.8, 4) is 0 Å². The van der Waals surface area contributed by atoms with E-state index in [9.17, 15) is 4.79 Å². The quantitative estimate of drug-likeness (QED) is 0.765. The number of hydrogen-bond donors (Lipinski definition) is 0. The van der Waals surface area contributed by atoms with Crippen molar-refractivity contribution in [2.75, 3.05) is 0 Å². The zero-order chi connectivity index (χ0) is 13.0. The first-order valence-corrected chi connectivity index (χ1v) is 5.95. The molecule has 0 bridgehead atoms. The monoisotopic (exact) mass is 240 g/mol. The second-order valence-corrected chi connectivity index (χ2v) is 4.37. The maximum atomic E-state index is 11.8. The average Bonchev–Trinajstić information content (AvgIpc) is 2.38. The van der Waals surface area contributed by atoms with Gasteiger partial charge in [-0.25, -0.2) is 4.79 Å². The predicted octanol–water partition coefficient (Wildman–Crippen LogP) is 3.66. The Hall–Kier alpha value is -2.09. The van der Waals surface area contributed by atoms with Crippen molar-refractivity contribution in [2.45, 2.75) is 20.5 Å². The summed E-state index contributed by atoms with van der Waals surface area (Å²) >= 11 is 0. The fraction of sp³-hybridized carbons (Fsp3) is 0.188. The fourth-order valence-electron chi connectivity index (χ4n) is 1.69. The van der Waals surface area contributed by atoms with Gasteiger partial charge < -0.3 is 4.74 Å². The predicted molar refractivity (Wildman–Crippen MR) is 71.5 cm³/mol. The van der Waals surface area contributed by atoms with Crippen molar-refractivity contribution in [1.29, 1.82) is 0 Å². The third kappa shape index (κ3) is 2.98. The minimum Gasteiger partial charge on any atom is -0.457 e. The van der Waals surface area contributed by atoms with E-state index in [1.165, 1.54) is 0 Å². The van der Waals surface area contributed by atoms with Gasteiger partial charge in [0.2, 0.25) is 0 Å². The first kappa shape index (κ1) is 12.4. The molecule has 0 atom stereocenters. The maximum Gasteiger partial charge on any atom is 0.338 e. The second kappa shape index (κ2) is 5.50. The van der Waals surface area contributed by atoms with Crippen molar-refractivity contribution in [3.05, 3.63) is 70.8 Å². The number of ether oxygens (including phenoxy) is 1. The van der Waals surface area contributed by atoms with Crippen LogP contribution in [0.4, 0.5) is 0 Å². The number of benzene rings is 2. The molecule has 0 spiro atoms. The van der Waals surface area contributed by atoms with Gasteiger partial charge in [-0.3, -0.25) is 0 Å². The van der Waals surface area contributed by atoms with Crippen LogP contribution in [-0.4, -0.2) is 5.97 Å². The number of carbonyl (C=O) groups excluding carboxylic acids is 1. The van der Waals surface area contributed by atoms with Gasteiger partial charge in [0.25, 0.3) is 0 Å². The van der Waals surface area contributed by atoms with E-state index in [1.54, 1.807) is 12.1 Å². The molecule has 2 aromatic rings. The Morgan fingerprint density at radius 1 is 1.00 bits per heavy atom. The lowest BCUT2D eigenvalue weighted by atomic mass is 10.1. The molecule has 2 aromatic carbocycles. The van der Waals surface area contributed by atoms with Crippen LogP contribution in [0.5, 0.6) is 0 Å². The van der Waals surface area contributed by atoms with Gasteiger partial charge in [-0.2, -0.15) is 0 Å². The Bertz CT molecular complexity index is 541. The molecule has 0 aliphatic rings. The number of esters is 1. The molecule has 2 rings (SSSR count). The zero-order valence-electron chi connectivity index (χ0n) is 10.6. The Morgan fingerprint density at radius 2 is 1.67 bits per heavy atom. The summed E-state index contributed by atoms with van der Waals surface area (Å²) < 4.78 is 5.30. The summed E-state index contributed by atoms with van der Waals surface area (Å²) in [6.07, 6.45) is 0. The summed E-state index contributed by atoms with van der Waals surface area (Å²) in [4.78, 5) is 11.8. The van der Waals surface area contributed by atoms with E-state index >= 15 is 0 Å². The largest absolute Gasteiger partial charge is 0.457 e. The lowest BCUT2D eigenvalue weighted by molar-refractivity contribution is 0.0472. The van der Waals surface area contributed by atoms with Gasteiger partial charge in [0.1, 0.15) is 6.61 Å². The van der Waals surface area contributed by atoms with Crippen LogP contribution in [0.1, 0.15) is 27.0 Å². The Labute approximate surface area is 107 Å². The fourth-order valence-corrected chi connectivity index (χ4v) is 1.69. The van der Waals surface area contributed by atoms with Crippen LogP contribution >= 0.6 is 0 Å². The molecule has 0 fully saturated rings. The summed E-state index contributed by atoms with van der Waals surface area (Å²) in [7, 11) is 0. The van der Waals surface area contributed by atoms with Gasteiger partial charge >= 0.3 is 5.97 Å².